The molecule has 31 heavy (non-hydrogen) atoms. The van der Waals surface area contributed by atoms with E-state index in [1.807, 2.05) is 18.2 Å². The lowest BCUT2D eigenvalue weighted by molar-refractivity contribution is -0.908. The molecule has 1 aliphatic heterocycles. The number of hydrogen-bond acceptors (Lipinski definition) is 7. The maximum atomic E-state index is 11.9. The van der Waals surface area contributed by atoms with Gasteiger partial charge in [0.1, 0.15) is 36.6 Å². The van der Waals surface area contributed by atoms with Gasteiger partial charge in [-0.3, -0.25) is 10.3 Å². The average Bonchev–Trinajstić information content (AvgIpc) is 3.19. The SMILES string of the molecule is C=CCNC(=O)Nc1nc2cc(-c3cccnc3)c(OCC[NH+]3CCOCC3)nc2s1. The van der Waals surface area contributed by atoms with Gasteiger partial charge in [0, 0.05) is 30.1 Å². The van der Waals surface area contributed by atoms with Crippen LogP contribution in [0, 0.1) is 0 Å². The van der Waals surface area contributed by atoms with E-state index in [0.29, 0.717) is 34.5 Å². The van der Waals surface area contributed by atoms with Gasteiger partial charge in [-0.2, -0.15) is 0 Å². The molecule has 2 amide bonds. The summed E-state index contributed by atoms with van der Waals surface area (Å²) in [5, 5.41) is 5.87. The molecule has 0 spiro atoms. The molecule has 0 radical (unpaired) electrons. The van der Waals surface area contributed by atoms with Crippen molar-refractivity contribution >= 4 is 32.8 Å². The van der Waals surface area contributed by atoms with Gasteiger partial charge in [-0.1, -0.05) is 23.5 Å². The molecule has 0 aromatic carbocycles. The van der Waals surface area contributed by atoms with Gasteiger partial charge in [0.25, 0.3) is 0 Å². The summed E-state index contributed by atoms with van der Waals surface area (Å²) < 4.78 is 11.5. The number of quaternary nitrogens is 1. The first-order chi connectivity index (χ1) is 15.2. The zero-order chi connectivity index (χ0) is 21.5. The Labute approximate surface area is 184 Å². The minimum absolute atomic E-state index is 0.337. The molecule has 3 aromatic rings. The monoisotopic (exact) mass is 441 g/mol. The highest BCUT2D eigenvalue weighted by Crippen LogP contribution is 2.34. The standard InChI is InChI=1S/C21H24N6O3S/c1-2-5-23-20(28)26-21-24-17-13-16(15-4-3-6-22-14-15)18(25-19(17)31-21)30-12-9-27-7-10-29-11-8-27/h2-4,6,13-14H,1,5,7-12H2,(H2,23,24,26,28)/p+1. The number of rotatable bonds is 8. The number of nitrogens with one attached hydrogen (secondary N) is 3. The van der Waals surface area contributed by atoms with Crippen molar-refractivity contribution in [2.45, 2.75) is 0 Å². The summed E-state index contributed by atoms with van der Waals surface area (Å²) in [6.07, 6.45) is 5.11. The number of morpholine rings is 1. The van der Waals surface area contributed by atoms with Gasteiger partial charge >= 0.3 is 6.03 Å². The Kier molecular flexibility index (Phi) is 7.03. The van der Waals surface area contributed by atoms with Gasteiger partial charge in [-0.15, -0.1) is 6.58 Å². The van der Waals surface area contributed by atoms with Crippen LogP contribution in [-0.4, -0.2) is 67.0 Å². The number of aromatic nitrogens is 3. The van der Waals surface area contributed by atoms with Crippen LogP contribution in [-0.2, 0) is 4.74 Å². The molecule has 9 nitrogen and oxygen atoms in total. The first-order valence-corrected chi connectivity index (χ1v) is 11.0. The zero-order valence-electron chi connectivity index (χ0n) is 17.1. The zero-order valence-corrected chi connectivity index (χ0v) is 17.9. The molecule has 0 saturated carbocycles. The smallest absolute Gasteiger partial charge is 0.321 e. The third kappa shape index (κ3) is 5.54. The van der Waals surface area contributed by atoms with E-state index in [0.717, 1.165) is 44.0 Å². The lowest BCUT2D eigenvalue weighted by atomic mass is 10.1. The van der Waals surface area contributed by atoms with Crippen molar-refractivity contribution in [3.63, 3.8) is 0 Å². The van der Waals surface area contributed by atoms with Gasteiger partial charge in [0.15, 0.2) is 5.13 Å². The topological polar surface area (TPSA) is 103 Å². The van der Waals surface area contributed by atoms with Crippen molar-refractivity contribution in [2.75, 3.05) is 51.3 Å². The Morgan fingerprint density at radius 3 is 3.00 bits per heavy atom. The molecule has 10 heteroatoms. The maximum Gasteiger partial charge on any atom is 0.321 e. The highest BCUT2D eigenvalue weighted by Gasteiger charge is 2.17. The van der Waals surface area contributed by atoms with Crippen molar-refractivity contribution in [3.8, 4) is 17.0 Å². The van der Waals surface area contributed by atoms with Crippen LogP contribution in [0.5, 0.6) is 5.88 Å². The number of carbonyl (C=O) groups excluding carboxylic acids is 1. The van der Waals surface area contributed by atoms with Crippen molar-refractivity contribution in [1.29, 1.82) is 0 Å². The van der Waals surface area contributed by atoms with Crippen molar-refractivity contribution in [2.24, 2.45) is 0 Å². The van der Waals surface area contributed by atoms with Crippen LogP contribution >= 0.6 is 11.3 Å². The molecule has 1 fully saturated rings. The molecule has 3 N–H and O–H groups in total. The predicted octanol–water partition coefficient (Wildman–Crippen LogP) is 1.35. The van der Waals surface area contributed by atoms with Gasteiger partial charge in [0.05, 0.1) is 13.2 Å². The van der Waals surface area contributed by atoms with Crippen molar-refractivity contribution in [3.05, 3.63) is 43.2 Å². The van der Waals surface area contributed by atoms with Crippen molar-refractivity contribution < 1.29 is 19.2 Å². The Morgan fingerprint density at radius 1 is 1.35 bits per heavy atom. The van der Waals surface area contributed by atoms with Crippen LogP contribution < -0.4 is 20.3 Å². The molecule has 4 heterocycles. The Bertz CT molecular complexity index is 1040. The molecular weight excluding hydrogens is 416 g/mol. The second-order valence-corrected chi connectivity index (χ2v) is 7.99. The van der Waals surface area contributed by atoms with E-state index < -0.39 is 0 Å². The molecule has 0 atom stereocenters. The Morgan fingerprint density at radius 2 is 2.23 bits per heavy atom. The van der Waals surface area contributed by atoms with Gasteiger partial charge < -0.3 is 19.7 Å². The highest BCUT2D eigenvalue weighted by molar-refractivity contribution is 7.22. The number of pyridine rings is 2. The van der Waals surface area contributed by atoms with E-state index in [-0.39, 0.29) is 6.03 Å². The molecule has 0 unspecified atom stereocenters. The summed E-state index contributed by atoms with van der Waals surface area (Å²) >= 11 is 1.30. The van der Waals surface area contributed by atoms with Crippen LogP contribution in [0.3, 0.4) is 0 Å². The summed E-state index contributed by atoms with van der Waals surface area (Å²) in [6.45, 7) is 8.95. The molecule has 1 saturated heterocycles. The summed E-state index contributed by atoms with van der Waals surface area (Å²) in [7, 11) is 0. The summed E-state index contributed by atoms with van der Waals surface area (Å²) in [5.74, 6) is 0.541. The van der Waals surface area contributed by atoms with Gasteiger partial charge in [-0.05, 0) is 12.1 Å². The van der Waals surface area contributed by atoms with Gasteiger partial charge in [-0.25, -0.2) is 14.8 Å². The second kappa shape index (κ2) is 10.3. The maximum absolute atomic E-state index is 11.9. The van der Waals surface area contributed by atoms with Crippen LogP contribution in [0.2, 0.25) is 0 Å². The highest BCUT2D eigenvalue weighted by atomic mass is 32.1. The number of urea groups is 1. The third-order valence-corrected chi connectivity index (χ3v) is 5.72. The molecule has 0 bridgehead atoms. The van der Waals surface area contributed by atoms with Crippen LogP contribution in [0.25, 0.3) is 21.5 Å². The fourth-order valence-electron chi connectivity index (χ4n) is 3.25. The van der Waals surface area contributed by atoms with Crippen LogP contribution in [0.1, 0.15) is 0 Å². The summed E-state index contributed by atoms with van der Waals surface area (Å²) in [4.78, 5) is 27.5. The van der Waals surface area contributed by atoms with Crippen molar-refractivity contribution in [1.82, 2.24) is 20.3 Å². The Balaban J connectivity index is 1.56. The molecular formula is C21H25N6O3S+. The third-order valence-electron chi connectivity index (χ3n) is 4.84. The number of amides is 2. The van der Waals surface area contributed by atoms with E-state index in [4.69, 9.17) is 14.5 Å². The first kappa shape index (κ1) is 21.2. The minimum Gasteiger partial charge on any atom is -0.471 e. The number of fused-ring (bicyclic) bond motifs is 1. The lowest BCUT2D eigenvalue weighted by Gasteiger charge is -2.23. The lowest BCUT2D eigenvalue weighted by Crippen LogP contribution is -3.14. The fourth-order valence-corrected chi connectivity index (χ4v) is 4.06. The van der Waals surface area contributed by atoms with Crippen LogP contribution in [0.15, 0.2) is 43.2 Å². The summed E-state index contributed by atoms with van der Waals surface area (Å²) in [6, 6.07) is 5.43. The number of ether oxygens (including phenoxy) is 2. The Hall–Kier alpha value is -3.08. The molecule has 4 rings (SSSR count). The van der Waals surface area contributed by atoms with E-state index in [9.17, 15) is 4.79 Å². The number of anilines is 1. The van der Waals surface area contributed by atoms with Crippen LogP contribution in [0.4, 0.5) is 9.93 Å². The van der Waals surface area contributed by atoms with E-state index in [1.165, 1.54) is 16.2 Å². The summed E-state index contributed by atoms with van der Waals surface area (Å²) in [5.41, 5.74) is 2.41. The predicted molar refractivity (Wildman–Crippen MR) is 120 cm³/mol. The number of hydrogen-bond donors (Lipinski definition) is 3. The molecule has 0 aliphatic carbocycles. The minimum atomic E-state index is -0.337. The normalized spacial score (nSPS) is 14.3. The van der Waals surface area contributed by atoms with E-state index in [2.05, 4.69) is 27.2 Å². The second-order valence-electron chi connectivity index (χ2n) is 7.01. The van der Waals surface area contributed by atoms with Gasteiger partial charge in [0.2, 0.25) is 5.88 Å². The van der Waals surface area contributed by atoms with E-state index >= 15 is 0 Å². The number of nitrogens with zero attached hydrogens (tertiary/aromatic N) is 3. The first-order valence-electron chi connectivity index (χ1n) is 10.1. The molecule has 162 valence electrons. The van der Waals surface area contributed by atoms with E-state index in [1.54, 1.807) is 18.5 Å². The molecule has 3 aromatic heterocycles. The number of thiazole rings is 1. The number of carbonyl (C=O) groups is 1. The quantitative estimate of drug-likeness (QED) is 0.456. The molecule has 1 aliphatic rings. The average molecular weight is 442 g/mol. The fraction of sp³-hybridized carbons (Fsp3) is 0.333. The largest absolute Gasteiger partial charge is 0.471 e.